The summed E-state index contributed by atoms with van der Waals surface area (Å²) in [6.45, 7) is 0. The zero-order valence-electron chi connectivity index (χ0n) is 13.1. The van der Waals surface area contributed by atoms with Crippen LogP contribution in [-0.2, 0) is 0 Å². The molecule has 4 rings (SSSR count). The molecule has 0 bridgehead atoms. The molecule has 0 aliphatic carbocycles. The number of aromatic nitrogens is 1. The SMILES string of the molecule is COc1cccc(N2C(=O)c3ccc4[nH]c(SC)cc4c3C2=O)c1. The molecular formula is C18H14N2O3S. The average molecular weight is 338 g/mol. The Morgan fingerprint density at radius 1 is 1.08 bits per heavy atom. The highest BCUT2D eigenvalue weighted by atomic mass is 32.2. The Morgan fingerprint density at radius 2 is 1.92 bits per heavy atom. The largest absolute Gasteiger partial charge is 0.497 e. The number of anilines is 1. The molecule has 2 heterocycles. The number of aromatic amines is 1. The second-order valence-electron chi connectivity index (χ2n) is 5.43. The molecule has 0 saturated carbocycles. The normalized spacial score (nSPS) is 13.7. The lowest BCUT2D eigenvalue weighted by Gasteiger charge is -2.14. The maximum Gasteiger partial charge on any atom is 0.266 e. The summed E-state index contributed by atoms with van der Waals surface area (Å²) in [5, 5.41) is 1.74. The minimum Gasteiger partial charge on any atom is -0.497 e. The van der Waals surface area contributed by atoms with Crippen molar-refractivity contribution in [2.45, 2.75) is 5.03 Å². The quantitative estimate of drug-likeness (QED) is 0.584. The van der Waals surface area contributed by atoms with E-state index in [2.05, 4.69) is 4.98 Å². The fourth-order valence-corrected chi connectivity index (χ4v) is 3.45. The Kier molecular flexibility index (Phi) is 3.35. The molecule has 0 fully saturated rings. The van der Waals surface area contributed by atoms with Gasteiger partial charge in [-0.1, -0.05) is 6.07 Å². The van der Waals surface area contributed by atoms with Crippen LogP contribution in [0.1, 0.15) is 20.7 Å². The lowest BCUT2D eigenvalue weighted by atomic mass is 10.1. The van der Waals surface area contributed by atoms with Crippen LogP contribution >= 0.6 is 11.8 Å². The van der Waals surface area contributed by atoms with Crippen molar-refractivity contribution < 1.29 is 14.3 Å². The maximum atomic E-state index is 13.0. The number of H-pyrrole nitrogens is 1. The standard InChI is InChI=1S/C18H14N2O3S/c1-23-11-5-3-4-10(8-11)20-17(21)12-6-7-14-13(16(12)18(20)22)9-15(19-14)24-2/h3-9,19H,1-2H3. The molecular weight excluding hydrogens is 324 g/mol. The molecule has 1 aliphatic rings. The highest BCUT2D eigenvalue weighted by molar-refractivity contribution is 7.98. The molecule has 3 aromatic rings. The van der Waals surface area contributed by atoms with Gasteiger partial charge in [-0.2, -0.15) is 0 Å². The summed E-state index contributed by atoms with van der Waals surface area (Å²) in [4.78, 5) is 30.2. The number of nitrogens with zero attached hydrogens (tertiary/aromatic N) is 1. The number of rotatable bonds is 3. The molecule has 0 spiro atoms. The minimum absolute atomic E-state index is 0.305. The second kappa shape index (κ2) is 5.42. The number of fused-ring (bicyclic) bond motifs is 3. The fraction of sp³-hybridized carbons (Fsp3) is 0.111. The molecule has 0 unspecified atom stereocenters. The van der Waals surface area contributed by atoms with Crippen LogP contribution in [0.25, 0.3) is 10.9 Å². The Labute approximate surface area is 142 Å². The minimum atomic E-state index is -0.308. The first-order chi connectivity index (χ1) is 11.6. The third kappa shape index (κ3) is 2.03. The molecule has 1 N–H and O–H groups in total. The van der Waals surface area contributed by atoms with Gasteiger partial charge >= 0.3 is 0 Å². The highest BCUT2D eigenvalue weighted by Crippen LogP contribution is 2.35. The topological polar surface area (TPSA) is 62.4 Å². The van der Waals surface area contributed by atoms with Gasteiger partial charge in [-0.05, 0) is 36.6 Å². The number of carbonyl (C=O) groups excluding carboxylic acids is 2. The molecule has 120 valence electrons. The highest BCUT2D eigenvalue weighted by Gasteiger charge is 2.38. The van der Waals surface area contributed by atoms with Gasteiger partial charge in [0.05, 0.1) is 29.0 Å². The van der Waals surface area contributed by atoms with Crippen molar-refractivity contribution in [3.05, 3.63) is 53.6 Å². The zero-order valence-corrected chi connectivity index (χ0v) is 13.9. The number of carbonyl (C=O) groups is 2. The third-order valence-electron chi connectivity index (χ3n) is 4.16. The monoisotopic (exact) mass is 338 g/mol. The number of benzene rings is 2. The summed E-state index contributed by atoms with van der Waals surface area (Å²) in [6.07, 6.45) is 1.96. The second-order valence-corrected chi connectivity index (χ2v) is 6.28. The van der Waals surface area contributed by atoms with Crippen molar-refractivity contribution in [3.8, 4) is 5.75 Å². The fourth-order valence-electron chi connectivity index (χ4n) is 3.01. The van der Waals surface area contributed by atoms with Crippen LogP contribution in [0, 0.1) is 0 Å². The van der Waals surface area contributed by atoms with Crippen LogP contribution in [0.2, 0.25) is 0 Å². The van der Waals surface area contributed by atoms with E-state index in [1.165, 1.54) is 4.90 Å². The first-order valence-corrected chi connectivity index (χ1v) is 8.59. The van der Waals surface area contributed by atoms with Gasteiger partial charge in [-0.25, -0.2) is 4.90 Å². The molecule has 1 aromatic heterocycles. The third-order valence-corrected chi connectivity index (χ3v) is 4.82. The van der Waals surface area contributed by atoms with Crippen LogP contribution in [0.5, 0.6) is 5.75 Å². The number of nitrogens with one attached hydrogen (secondary N) is 1. The summed E-state index contributed by atoms with van der Waals surface area (Å²) < 4.78 is 5.19. The molecule has 5 nitrogen and oxygen atoms in total. The summed E-state index contributed by atoms with van der Waals surface area (Å²) >= 11 is 1.56. The van der Waals surface area contributed by atoms with Gasteiger partial charge in [0.15, 0.2) is 0 Å². The van der Waals surface area contributed by atoms with E-state index in [-0.39, 0.29) is 11.8 Å². The predicted molar refractivity (Wildman–Crippen MR) is 94.2 cm³/mol. The summed E-state index contributed by atoms with van der Waals surface area (Å²) in [5.74, 6) is -0.0157. The summed E-state index contributed by atoms with van der Waals surface area (Å²) in [5.41, 5.74) is 2.25. The van der Waals surface area contributed by atoms with E-state index < -0.39 is 0 Å². The number of thioether (sulfide) groups is 1. The Bertz CT molecular complexity index is 993. The van der Waals surface area contributed by atoms with E-state index in [0.29, 0.717) is 22.6 Å². The number of hydrogen-bond donors (Lipinski definition) is 1. The molecule has 1 aliphatic heterocycles. The van der Waals surface area contributed by atoms with Crippen molar-refractivity contribution in [3.63, 3.8) is 0 Å². The lowest BCUT2D eigenvalue weighted by Crippen LogP contribution is -2.29. The van der Waals surface area contributed by atoms with Crippen LogP contribution in [-0.4, -0.2) is 30.2 Å². The number of methoxy groups -OCH3 is 1. The van der Waals surface area contributed by atoms with Gasteiger partial charge < -0.3 is 9.72 Å². The van der Waals surface area contributed by atoms with E-state index in [1.807, 2.05) is 18.4 Å². The molecule has 2 amide bonds. The Morgan fingerprint density at radius 3 is 2.67 bits per heavy atom. The molecule has 0 atom stereocenters. The van der Waals surface area contributed by atoms with Gasteiger partial charge in [-0.3, -0.25) is 9.59 Å². The van der Waals surface area contributed by atoms with Crippen molar-refractivity contribution in [2.75, 3.05) is 18.3 Å². The first kappa shape index (κ1) is 14.8. The van der Waals surface area contributed by atoms with E-state index in [9.17, 15) is 9.59 Å². The van der Waals surface area contributed by atoms with Crippen molar-refractivity contribution >= 4 is 40.2 Å². The number of ether oxygens (including phenoxy) is 1. The molecule has 2 aromatic carbocycles. The number of hydrogen-bond acceptors (Lipinski definition) is 4. The summed E-state index contributed by atoms with van der Waals surface area (Å²) in [7, 11) is 1.55. The number of amides is 2. The van der Waals surface area contributed by atoms with E-state index in [1.54, 1.807) is 49.2 Å². The van der Waals surface area contributed by atoms with Crippen LogP contribution in [0.3, 0.4) is 0 Å². The maximum absolute atomic E-state index is 13.0. The van der Waals surface area contributed by atoms with Gasteiger partial charge in [0, 0.05) is 17.0 Å². The Hall–Kier alpha value is -2.73. The predicted octanol–water partition coefficient (Wildman–Crippen LogP) is 3.70. The van der Waals surface area contributed by atoms with Crippen LogP contribution < -0.4 is 9.64 Å². The van der Waals surface area contributed by atoms with E-state index >= 15 is 0 Å². The van der Waals surface area contributed by atoms with Crippen molar-refractivity contribution in [2.24, 2.45) is 0 Å². The zero-order chi connectivity index (χ0) is 16.8. The average Bonchev–Trinajstić information content (AvgIpc) is 3.14. The molecule has 24 heavy (non-hydrogen) atoms. The van der Waals surface area contributed by atoms with Crippen LogP contribution in [0.15, 0.2) is 47.5 Å². The van der Waals surface area contributed by atoms with Crippen molar-refractivity contribution in [1.82, 2.24) is 4.98 Å². The van der Waals surface area contributed by atoms with E-state index in [0.717, 1.165) is 15.9 Å². The van der Waals surface area contributed by atoms with Gasteiger partial charge in [-0.15, -0.1) is 11.8 Å². The van der Waals surface area contributed by atoms with Crippen LogP contribution in [0.4, 0.5) is 5.69 Å². The van der Waals surface area contributed by atoms with Crippen molar-refractivity contribution in [1.29, 1.82) is 0 Å². The van der Waals surface area contributed by atoms with Gasteiger partial charge in [0.1, 0.15) is 5.75 Å². The first-order valence-electron chi connectivity index (χ1n) is 7.36. The summed E-state index contributed by atoms with van der Waals surface area (Å²) in [6, 6.07) is 12.4. The number of imide groups is 1. The molecule has 6 heteroatoms. The van der Waals surface area contributed by atoms with E-state index in [4.69, 9.17) is 4.74 Å². The lowest BCUT2D eigenvalue weighted by molar-refractivity contribution is 0.0926. The smallest absolute Gasteiger partial charge is 0.266 e. The van der Waals surface area contributed by atoms with Gasteiger partial charge in [0.2, 0.25) is 0 Å². The molecule has 0 saturated heterocycles. The Balaban J connectivity index is 1.88. The van der Waals surface area contributed by atoms with Gasteiger partial charge in [0.25, 0.3) is 11.8 Å². The molecule has 0 radical (unpaired) electrons.